The van der Waals surface area contributed by atoms with Crippen molar-refractivity contribution in [1.29, 1.82) is 0 Å². The second-order valence-corrected chi connectivity index (χ2v) is 22.2. The third-order valence-electron chi connectivity index (χ3n) is 20.3. The Morgan fingerprint density at radius 2 is 1.35 bits per heavy atom. The lowest BCUT2D eigenvalue weighted by Crippen LogP contribution is -2.66. The summed E-state index contributed by atoms with van der Waals surface area (Å²) >= 11 is 0. The van der Waals surface area contributed by atoms with Crippen LogP contribution in [0, 0.1) is 85.2 Å². The van der Waals surface area contributed by atoms with Crippen LogP contribution in [0.5, 0.6) is 0 Å². The number of carbonyl (C=O) groups is 2. The average molecular weight is 660 g/mol. The Balaban J connectivity index is 1.07. The molecule has 48 heavy (non-hydrogen) atoms. The van der Waals surface area contributed by atoms with Gasteiger partial charge in [-0.1, -0.05) is 62.3 Å². The summed E-state index contributed by atoms with van der Waals surface area (Å²) < 4.78 is 0. The SMILES string of the molecule is C[C@H]1CC[C@]2(C)[C@H]3CC[C@@H]4[C@H]5[C@H](C6(C)CC6)CC[C@]5(C(=O)C[C@@H]5C[C@H](C(=O)N6CCCCC6)C5(C)C)CC[C@@]4(C)[C@]3(C)CC[C@H]2C1(C)C. The maximum atomic E-state index is 15.2. The van der Waals surface area contributed by atoms with E-state index in [1.54, 1.807) is 0 Å². The summed E-state index contributed by atoms with van der Waals surface area (Å²) in [7, 11) is 0. The number of carbonyl (C=O) groups excluding carboxylic acids is 2. The zero-order valence-electron chi connectivity index (χ0n) is 32.8. The number of piperidine rings is 1. The first-order valence-electron chi connectivity index (χ1n) is 21.3. The van der Waals surface area contributed by atoms with Gasteiger partial charge in [0.25, 0.3) is 0 Å². The van der Waals surface area contributed by atoms with Crippen LogP contribution in [0.25, 0.3) is 0 Å². The van der Waals surface area contributed by atoms with Gasteiger partial charge in [-0.25, -0.2) is 0 Å². The van der Waals surface area contributed by atoms with Gasteiger partial charge in [0.2, 0.25) is 5.91 Å². The lowest BCUT2D eigenvalue weighted by atomic mass is 9.31. The molecule has 0 aromatic carbocycles. The molecule has 7 saturated carbocycles. The molecule has 8 aliphatic rings. The maximum absolute atomic E-state index is 15.2. The molecule has 0 aromatic heterocycles. The highest BCUT2D eigenvalue weighted by molar-refractivity contribution is 5.87. The van der Waals surface area contributed by atoms with E-state index in [2.05, 4.69) is 67.2 Å². The van der Waals surface area contributed by atoms with Crippen molar-refractivity contribution in [2.75, 3.05) is 13.1 Å². The first-order valence-corrected chi connectivity index (χ1v) is 21.3. The molecular weight excluding hydrogens is 587 g/mol. The highest BCUT2D eigenvalue weighted by Gasteiger charge is 2.73. The van der Waals surface area contributed by atoms with Crippen molar-refractivity contribution in [1.82, 2.24) is 4.90 Å². The molecule has 8 fully saturated rings. The van der Waals surface area contributed by atoms with E-state index in [-0.39, 0.29) is 16.7 Å². The minimum atomic E-state index is -0.106. The fourth-order valence-electron chi connectivity index (χ4n) is 16.1. The minimum Gasteiger partial charge on any atom is -0.342 e. The van der Waals surface area contributed by atoms with Crippen LogP contribution >= 0.6 is 0 Å². The normalized spacial score (nSPS) is 51.4. The molecule has 1 aliphatic heterocycles. The summed E-state index contributed by atoms with van der Waals surface area (Å²) in [6.07, 6.45) is 21.2. The second kappa shape index (κ2) is 10.8. The summed E-state index contributed by atoms with van der Waals surface area (Å²) in [6, 6.07) is 0. The first-order chi connectivity index (χ1) is 22.5. The molecule has 0 aromatic rings. The van der Waals surface area contributed by atoms with Crippen molar-refractivity contribution in [3.05, 3.63) is 0 Å². The van der Waals surface area contributed by atoms with E-state index < -0.39 is 0 Å². The van der Waals surface area contributed by atoms with Gasteiger partial charge in [-0.2, -0.15) is 0 Å². The van der Waals surface area contributed by atoms with Crippen molar-refractivity contribution >= 4 is 11.7 Å². The zero-order chi connectivity index (χ0) is 34.3. The third-order valence-corrected chi connectivity index (χ3v) is 20.3. The molecule has 1 heterocycles. The van der Waals surface area contributed by atoms with E-state index >= 15 is 4.79 Å². The number of hydrogen-bond donors (Lipinski definition) is 0. The van der Waals surface area contributed by atoms with Crippen LogP contribution < -0.4 is 0 Å². The van der Waals surface area contributed by atoms with E-state index in [1.165, 1.54) is 70.6 Å². The largest absolute Gasteiger partial charge is 0.342 e. The fourth-order valence-corrected chi connectivity index (χ4v) is 16.1. The Bertz CT molecular complexity index is 1320. The summed E-state index contributed by atoms with van der Waals surface area (Å²) in [5, 5.41) is 0. The molecule has 0 spiro atoms. The summed E-state index contributed by atoms with van der Waals surface area (Å²) in [5.41, 5.74) is 1.90. The molecule has 3 nitrogen and oxygen atoms in total. The Labute approximate surface area is 295 Å². The van der Waals surface area contributed by atoms with Gasteiger partial charge in [0.1, 0.15) is 5.78 Å². The lowest BCUT2D eigenvalue weighted by Gasteiger charge is -2.73. The van der Waals surface area contributed by atoms with Gasteiger partial charge in [0.15, 0.2) is 0 Å². The van der Waals surface area contributed by atoms with Gasteiger partial charge in [-0.05, 0) is 177 Å². The number of ketones is 1. The van der Waals surface area contributed by atoms with E-state index in [9.17, 15) is 4.79 Å². The molecule has 270 valence electrons. The molecule has 8 rings (SSSR count). The predicted octanol–water partition coefficient (Wildman–Crippen LogP) is 11.1. The van der Waals surface area contributed by atoms with Crippen LogP contribution in [-0.2, 0) is 9.59 Å². The Hall–Kier alpha value is -0.860. The Morgan fingerprint density at radius 1 is 0.646 bits per heavy atom. The first kappa shape index (κ1) is 34.2. The topological polar surface area (TPSA) is 37.4 Å². The Kier molecular flexibility index (Phi) is 7.73. The molecule has 1 saturated heterocycles. The molecule has 0 unspecified atom stereocenters. The van der Waals surface area contributed by atoms with E-state index in [1.807, 2.05) is 0 Å². The number of rotatable bonds is 5. The standard InChI is InChI=1S/C45H73NO2/c1-29-15-18-42(7)34(39(29,2)3)17-19-44(9)35(42)14-13-32-37-31(41(6)21-22-41)16-20-45(37,24-23-43(32,44)8)36(47)28-30-27-33(40(30,4)5)38(48)46-25-11-10-12-26-46/h29-35,37H,10-28H2,1-9H3/t29-,30-,31+,32+,33+,34-,35+,37+,42-,43+,44+,45+/m0/s1. The van der Waals surface area contributed by atoms with E-state index in [4.69, 9.17) is 0 Å². The van der Waals surface area contributed by atoms with Crippen LogP contribution in [0.1, 0.15) is 171 Å². The molecule has 3 heteroatoms. The monoisotopic (exact) mass is 660 g/mol. The molecule has 12 atom stereocenters. The third kappa shape index (κ3) is 4.41. The van der Waals surface area contributed by atoms with Crippen LogP contribution in [0.15, 0.2) is 0 Å². The van der Waals surface area contributed by atoms with Gasteiger partial charge in [-0.15, -0.1) is 0 Å². The summed E-state index contributed by atoms with van der Waals surface area (Å²) in [4.78, 5) is 30.9. The summed E-state index contributed by atoms with van der Waals surface area (Å²) in [6.45, 7) is 25.2. The second-order valence-electron chi connectivity index (χ2n) is 22.2. The quantitative estimate of drug-likeness (QED) is 0.294. The van der Waals surface area contributed by atoms with Crippen LogP contribution in [0.3, 0.4) is 0 Å². The number of Topliss-reactive ketones (excluding diaryl/α,β-unsaturated/α-hetero) is 1. The maximum Gasteiger partial charge on any atom is 0.226 e. The van der Waals surface area contributed by atoms with Crippen molar-refractivity contribution in [3.8, 4) is 0 Å². The molecule has 7 aliphatic carbocycles. The molecule has 0 radical (unpaired) electrons. The summed E-state index contributed by atoms with van der Waals surface area (Å²) in [5.74, 6) is 5.99. The number of nitrogens with zero attached hydrogens (tertiary/aromatic N) is 1. The van der Waals surface area contributed by atoms with Gasteiger partial charge in [0, 0.05) is 30.8 Å². The number of fused-ring (bicyclic) bond motifs is 7. The highest BCUT2D eigenvalue weighted by Crippen LogP contribution is 2.79. The van der Waals surface area contributed by atoms with Crippen LogP contribution in [-0.4, -0.2) is 29.7 Å². The van der Waals surface area contributed by atoms with Crippen LogP contribution in [0.4, 0.5) is 0 Å². The van der Waals surface area contributed by atoms with Gasteiger partial charge < -0.3 is 4.90 Å². The zero-order valence-corrected chi connectivity index (χ0v) is 32.8. The minimum absolute atomic E-state index is 0.0646. The smallest absolute Gasteiger partial charge is 0.226 e. The van der Waals surface area contributed by atoms with Crippen molar-refractivity contribution < 1.29 is 9.59 Å². The van der Waals surface area contributed by atoms with E-state index in [0.29, 0.717) is 56.5 Å². The lowest BCUT2D eigenvalue weighted by molar-refractivity contribution is -0.243. The average Bonchev–Trinajstić information content (AvgIpc) is 3.66. The van der Waals surface area contributed by atoms with Crippen molar-refractivity contribution in [2.45, 2.75) is 171 Å². The van der Waals surface area contributed by atoms with Crippen LogP contribution in [0.2, 0.25) is 0 Å². The molecule has 1 amide bonds. The molecular formula is C45H73NO2. The van der Waals surface area contributed by atoms with Gasteiger partial charge in [-0.3, -0.25) is 9.59 Å². The molecule has 0 bridgehead atoms. The predicted molar refractivity (Wildman–Crippen MR) is 196 cm³/mol. The Morgan fingerprint density at radius 3 is 2.02 bits per heavy atom. The fraction of sp³-hybridized carbons (Fsp3) is 0.956. The van der Waals surface area contributed by atoms with E-state index in [0.717, 1.165) is 75.3 Å². The van der Waals surface area contributed by atoms with Gasteiger partial charge in [0.05, 0.1) is 0 Å². The van der Waals surface area contributed by atoms with Gasteiger partial charge >= 0.3 is 0 Å². The van der Waals surface area contributed by atoms with Crippen molar-refractivity contribution in [3.63, 3.8) is 0 Å². The number of hydrogen-bond acceptors (Lipinski definition) is 2. The number of likely N-dealkylation sites (tertiary alicyclic amines) is 1. The van der Waals surface area contributed by atoms with Crippen molar-refractivity contribution in [2.24, 2.45) is 85.2 Å². The number of amides is 1. The molecule has 0 N–H and O–H groups in total. The highest BCUT2D eigenvalue weighted by atomic mass is 16.2.